The highest BCUT2D eigenvalue weighted by Gasteiger charge is 2.31. The Morgan fingerprint density at radius 3 is 2.34 bits per heavy atom. The minimum absolute atomic E-state index is 0.120. The van der Waals surface area contributed by atoms with Gasteiger partial charge in [-0.15, -0.1) is 0 Å². The summed E-state index contributed by atoms with van der Waals surface area (Å²) in [4.78, 5) is 45.5. The van der Waals surface area contributed by atoms with Gasteiger partial charge in [-0.3, -0.25) is 24.5 Å². The molecule has 0 amide bonds. The number of carbonyl (C=O) groups is 3. The third-order valence-electron chi connectivity index (χ3n) is 4.40. The monoisotopic (exact) mass is 473 g/mol. The van der Waals surface area contributed by atoms with Crippen LogP contribution in [0, 0.1) is 16.0 Å². The molecular formula is C20H15ClF3NO7. The van der Waals surface area contributed by atoms with Gasteiger partial charge in [-0.25, -0.2) is 0 Å². The fraction of sp³-hybridized carbons (Fsp3) is 0.250. The molecule has 2 rings (SSSR count). The molecule has 0 saturated heterocycles. The number of benzene rings is 2. The van der Waals surface area contributed by atoms with Crippen molar-refractivity contribution in [2.24, 2.45) is 5.92 Å². The molecule has 0 radical (unpaired) electrons. The van der Waals surface area contributed by atoms with Crippen molar-refractivity contribution in [1.82, 2.24) is 0 Å². The smallest absolute Gasteiger partial charge is 0.416 e. The standard InChI is InChI=1S/C20H15ClF3NO7/c1-10(19(28)29)16(26)5-6-17(27)13-9-12(3-4-15(13)25(30)31)32-18-7-2-11(8-14(18)21)20(22,23)24/h2-4,7-10H,5-6H2,1H3,(H,28,29). The van der Waals surface area contributed by atoms with Gasteiger partial charge in [-0.05, 0) is 37.3 Å². The summed E-state index contributed by atoms with van der Waals surface area (Å²) in [5.74, 6) is -4.54. The van der Waals surface area contributed by atoms with Crippen LogP contribution in [0.5, 0.6) is 11.5 Å². The van der Waals surface area contributed by atoms with Gasteiger partial charge in [-0.2, -0.15) is 13.2 Å². The predicted molar refractivity (Wildman–Crippen MR) is 105 cm³/mol. The first kappa shape index (κ1) is 24.8. The van der Waals surface area contributed by atoms with Crippen molar-refractivity contribution in [1.29, 1.82) is 0 Å². The van der Waals surface area contributed by atoms with Gasteiger partial charge in [0.05, 0.1) is 21.1 Å². The number of carbonyl (C=O) groups excluding carboxylic acids is 2. The number of rotatable bonds is 9. The summed E-state index contributed by atoms with van der Waals surface area (Å²) in [5, 5.41) is 19.7. The SMILES string of the molecule is CC(C(=O)O)C(=O)CCC(=O)c1cc(Oc2ccc(C(F)(F)F)cc2Cl)ccc1[N+](=O)[O-]. The van der Waals surface area contributed by atoms with Crippen LogP contribution < -0.4 is 4.74 Å². The molecule has 0 heterocycles. The van der Waals surface area contributed by atoms with Gasteiger partial charge in [0.1, 0.15) is 23.2 Å². The number of alkyl halides is 3. The van der Waals surface area contributed by atoms with Crippen molar-refractivity contribution in [3.63, 3.8) is 0 Å². The molecule has 12 heteroatoms. The van der Waals surface area contributed by atoms with Crippen molar-refractivity contribution in [2.75, 3.05) is 0 Å². The number of nitro benzene ring substituents is 1. The number of carboxylic acid groups (broad SMARTS) is 1. The average molecular weight is 474 g/mol. The zero-order valence-electron chi connectivity index (χ0n) is 16.3. The lowest BCUT2D eigenvalue weighted by atomic mass is 9.98. The Balaban J connectivity index is 2.28. The molecule has 170 valence electrons. The highest BCUT2D eigenvalue weighted by molar-refractivity contribution is 6.32. The molecule has 2 aromatic carbocycles. The van der Waals surface area contributed by atoms with Crippen LogP contribution in [-0.4, -0.2) is 27.6 Å². The zero-order valence-corrected chi connectivity index (χ0v) is 17.1. The largest absolute Gasteiger partial charge is 0.481 e. The van der Waals surface area contributed by atoms with Crippen LogP contribution >= 0.6 is 11.6 Å². The first-order valence-corrected chi connectivity index (χ1v) is 9.30. The summed E-state index contributed by atoms with van der Waals surface area (Å²) in [6.07, 6.45) is -5.55. The summed E-state index contributed by atoms with van der Waals surface area (Å²) < 4.78 is 43.6. The van der Waals surface area contributed by atoms with Crippen molar-refractivity contribution in [3.05, 3.63) is 62.7 Å². The van der Waals surface area contributed by atoms with Crippen LogP contribution in [0.25, 0.3) is 0 Å². The Morgan fingerprint density at radius 1 is 1.16 bits per heavy atom. The molecule has 1 atom stereocenters. The van der Waals surface area contributed by atoms with Crippen molar-refractivity contribution >= 4 is 34.8 Å². The molecular weight excluding hydrogens is 459 g/mol. The first-order valence-electron chi connectivity index (χ1n) is 8.93. The number of hydrogen-bond acceptors (Lipinski definition) is 6. The van der Waals surface area contributed by atoms with Gasteiger partial charge in [0, 0.05) is 18.9 Å². The number of carboxylic acids is 1. The number of ketones is 2. The van der Waals surface area contributed by atoms with Gasteiger partial charge in [0.25, 0.3) is 5.69 Å². The normalized spacial score (nSPS) is 12.2. The lowest BCUT2D eigenvalue weighted by Crippen LogP contribution is -2.21. The molecule has 0 aliphatic carbocycles. The molecule has 0 aromatic heterocycles. The van der Waals surface area contributed by atoms with Crippen LogP contribution in [0.15, 0.2) is 36.4 Å². The number of nitro groups is 1. The van der Waals surface area contributed by atoms with E-state index in [0.717, 1.165) is 37.3 Å². The van der Waals surface area contributed by atoms with Gasteiger partial charge >= 0.3 is 12.1 Å². The maximum Gasteiger partial charge on any atom is 0.416 e. The molecule has 1 N–H and O–H groups in total. The minimum Gasteiger partial charge on any atom is -0.481 e. The second-order valence-electron chi connectivity index (χ2n) is 6.63. The molecule has 0 aliphatic heterocycles. The summed E-state index contributed by atoms with van der Waals surface area (Å²) in [7, 11) is 0. The number of Topliss-reactive ketones (excluding diaryl/α,β-unsaturated/α-hetero) is 2. The number of aliphatic carboxylic acids is 1. The Labute approximate surface area is 183 Å². The van der Waals surface area contributed by atoms with Crippen LogP contribution in [-0.2, 0) is 15.8 Å². The second kappa shape index (κ2) is 9.77. The molecule has 0 fully saturated rings. The highest BCUT2D eigenvalue weighted by atomic mass is 35.5. The average Bonchev–Trinajstić information content (AvgIpc) is 2.71. The molecule has 0 saturated carbocycles. The summed E-state index contributed by atoms with van der Waals surface area (Å²) in [5.41, 5.74) is -2.00. The molecule has 2 aromatic rings. The number of halogens is 4. The summed E-state index contributed by atoms with van der Waals surface area (Å²) in [6.45, 7) is 1.15. The molecule has 32 heavy (non-hydrogen) atoms. The second-order valence-corrected chi connectivity index (χ2v) is 7.04. The van der Waals surface area contributed by atoms with Crippen molar-refractivity contribution < 1.29 is 42.3 Å². The van der Waals surface area contributed by atoms with Crippen LogP contribution in [0.4, 0.5) is 18.9 Å². The van der Waals surface area contributed by atoms with Crippen LogP contribution in [0.2, 0.25) is 5.02 Å². The van der Waals surface area contributed by atoms with E-state index in [9.17, 15) is 37.7 Å². The molecule has 8 nitrogen and oxygen atoms in total. The highest BCUT2D eigenvalue weighted by Crippen LogP contribution is 2.37. The summed E-state index contributed by atoms with van der Waals surface area (Å²) in [6, 6.07) is 5.42. The maximum absolute atomic E-state index is 12.8. The Morgan fingerprint density at radius 2 is 1.81 bits per heavy atom. The van der Waals surface area contributed by atoms with Gasteiger partial charge in [-0.1, -0.05) is 11.6 Å². The predicted octanol–water partition coefficient (Wildman–Crippen LogP) is 5.31. The van der Waals surface area contributed by atoms with Crippen LogP contribution in [0.1, 0.15) is 35.7 Å². The summed E-state index contributed by atoms with van der Waals surface area (Å²) >= 11 is 5.82. The molecule has 0 spiro atoms. The third kappa shape index (κ3) is 6.03. The third-order valence-corrected chi connectivity index (χ3v) is 4.70. The fourth-order valence-electron chi connectivity index (χ4n) is 2.57. The number of ether oxygens (including phenoxy) is 1. The van der Waals surface area contributed by atoms with E-state index in [1.165, 1.54) is 0 Å². The Kier molecular flexibility index (Phi) is 7.57. The van der Waals surface area contributed by atoms with E-state index >= 15 is 0 Å². The van der Waals surface area contributed by atoms with Gasteiger partial charge in [0.15, 0.2) is 5.78 Å². The van der Waals surface area contributed by atoms with Crippen molar-refractivity contribution in [2.45, 2.75) is 25.9 Å². The Hall–Kier alpha value is -3.47. The quantitative estimate of drug-likeness (QED) is 0.226. The van der Waals surface area contributed by atoms with E-state index in [-0.39, 0.29) is 16.5 Å². The molecule has 1 unspecified atom stereocenters. The zero-order chi connectivity index (χ0) is 24.2. The van der Waals surface area contributed by atoms with E-state index < -0.39 is 64.2 Å². The van der Waals surface area contributed by atoms with E-state index in [4.69, 9.17) is 21.4 Å². The first-order chi connectivity index (χ1) is 14.8. The number of nitrogens with zero attached hydrogens (tertiary/aromatic N) is 1. The van der Waals surface area contributed by atoms with E-state index in [0.29, 0.717) is 6.07 Å². The van der Waals surface area contributed by atoms with E-state index in [1.54, 1.807) is 0 Å². The maximum atomic E-state index is 12.8. The lowest BCUT2D eigenvalue weighted by Gasteiger charge is -2.12. The van der Waals surface area contributed by atoms with E-state index in [2.05, 4.69) is 0 Å². The molecule has 0 aliphatic rings. The lowest BCUT2D eigenvalue weighted by molar-refractivity contribution is -0.385. The minimum atomic E-state index is -4.62. The van der Waals surface area contributed by atoms with Gasteiger partial charge < -0.3 is 9.84 Å². The van der Waals surface area contributed by atoms with Crippen molar-refractivity contribution in [3.8, 4) is 11.5 Å². The van der Waals surface area contributed by atoms with Gasteiger partial charge in [0.2, 0.25) is 0 Å². The Bertz CT molecular complexity index is 1090. The van der Waals surface area contributed by atoms with Crippen LogP contribution in [0.3, 0.4) is 0 Å². The molecule has 0 bridgehead atoms. The fourth-order valence-corrected chi connectivity index (χ4v) is 2.79. The number of hydrogen-bond donors (Lipinski definition) is 1. The van der Waals surface area contributed by atoms with E-state index in [1.807, 2.05) is 0 Å². The topological polar surface area (TPSA) is 124 Å².